The van der Waals surface area contributed by atoms with Crippen LogP contribution in [0.25, 0.3) is 0 Å². The number of hydrogen-bond donors (Lipinski definition) is 3. The van der Waals surface area contributed by atoms with Crippen molar-refractivity contribution < 1.29 is 33.1 Å². The van der Waals surface area contributed by atoms with Gasteiger partial charge in [0.1, 0.15) is 18.3 Å². The average molecular weight is 1030 g/mol. The molecular formula is C45H72N6O9S6. The van der Waals surface area contributed by atoms with Crippen LogP contribution in [0.2, 0.25) is 0 Å². The van der Waals surface area contributed by atoms with Crippen molar-refractivity contribution in [3.8, 4) is 0 Å². The molecule has 3 fully saturated rings. The number of hydrogen-bond acceptors (Lipinski definition) is 16. The quantitative estimate of drug-likeness (QED) is 0.0523. The Bertz CT molecular complexity index is 1840. The van der Waals surface area contributed by atoms with Gasteiger partial charge in [0.15, 0.2) is 0 Å². The minimum Gasteiger partial charge on any atom is -0.444 e. The zero-order valence-electron chi connectivity index (χ0n) is 38.5. The molecule has 3 amide bonds. The molecule has 0 radical (unpaired) electrons. The Labute approximate surface area is 416 Å². The highest BCUT2D eigenvalue weighted by Crippen LogP contribution is 2.23. The van der Waals surface area contributed by atoms with E-state index in [1.807, 2.05) is 0 Å². The van der Waals surface area contributed by atoms with Crippen LogP contribution < -0.4 is 32.8 Å². The molecule has 3 aliphatic heterocycles. The third-order valence-electron chi connectivity index (χ3n) is 10.3. The van der Waals surface area contributed by atoms with E-state index in [2.05, 4.69) is 40.7 Å². The molecule has 15 nitrogen and oxygen atoms in total. The zero-order chi connectivity index (χ0) is 47.2. The molecular weight excluding hydrogens is 961 g/mol. The number of amides is 3. The van der Waals surface area contributed by atoms with E-state index in [0.29, 0.717) is 52.0 Å². The lowest BCUT2D eigenvalue weighted by Gasteiger charge is -2.20. The van der Waals surface area contributed by atoms with Crippen molar-refractivity contribution >= 4 is 88.9 Å². The molecule has 1 aromatic rings. The number of unbranched alkanes of at least 4 members (excludes halogenated alkanes) is 9. The van der Waals surface area contributed by atoms with Crippen LogP contribution in [0.3, 0.4) is 0 Å². The summed E-state index contributed by atoms with van der Waals surface area (Å²) in [5, 5.41) is 8.58. The molecule has 4 rings (SSSR count). The highest BCUT2D eigenvalue weighted by Gasteiger charge is 2.20. The maximum atomic E-state index is 13.6. The molecule has 66 heavy (non-hydrogen) atoms. The third-order valence-corrected chi connectivity index (χ3v) is 17.6. The second kappa shape index (κ2) is 33.9. The Morgan fingerprint density at radius 2 is 0.879 bits per heavy atom. The van der Waals surface area contributed by atoms with Crippen LogP contribution in [0.5, 0.6) is 0 Å². The predicted octanol–water partition coefficient (Wildman–Crippen LogP) is 7.58. The van der Waals surface area contributed by atoms with Gasteiger partial charge in [-0.3, -0.25) is 9.36 Å². The number of aromatic nitrogens is 2. The Morgan fingerprint density at radius 1 is 0.530 bits per heavy atom. The topological polar surface area (TPSA) is 184 Å². The highest BCUT2D eigenvalue weighted by atomic mass is 32.2. The lowest BCUT2D eigenvalue weighted by Crippen LogP contribution is -2.48. The van der Waals surface area contributed by atoms with Gasteiger partial charge in [0.05, 0.1) is 6.54 Å². The molecule has 4 heterocycles. The second-order valence-corrected chi connectivity index (χ2v) is 22.7. The smallest absolute Gasteiger partial charge is 0.407 e. The van der Waals surface area contributed by atoms with Gasteiger partial charge in [0.2, 0.25) is 0 Å². The molecule has 0 aliphatic carbocycles. The van der Waals surface area contributed by atoms with Crippen molar-refractivity contribution in [3.05, 3.63) is 62.8 Å². The summed E-state index contributed by atoms with van der Waals surface area (Å²) < 4.78 is 25.2. The summed E-state index contributed by atoms with van der Waals surface area (Å²) in [6.45, 7) is 14.6. The Kier molecular flexibility index (Phi) is 28.9. The van der Waals surface area contributed by atoms with E-state index in [-0.39, 0.29) is 36.5 Å². The van der Waals surface area contributed by atoms with Crippen LogP contribution >= 0.6 is 70.6 Å². The maximum absolute atomic E-state index is 13.6. The van der Waals surface area contributed by atoms with Crippen LogP contribution in [-0.4, -0.2) is 141 Å². The van der Waals surface area contributed by atoms with Gasteiger partial charge in [-0.05, 0) is 38.5 Å². The van der Waals surface area contributed by atoms with Crippen LogP contribution in [0.4, 0.5) is 14.4 Å². The molecule has 1 aromatic heterocycles. The van der Waals surface area contributed by atoms with Gasteiger partial charge >= 0.3 is 35.1 Å². The minimum atomic E-state index is -0.538. The van der Waals surface area contributed by atoms with E-state index >= 15 is 0 Å². The van der Waals surface area contributed by atoms with Crippen LogP contribution in [-0.2, 0) is 27.3 Å². The zero-order valence-corrected chi connectivity index (χ0v) is 43.4. The molecule has 21 heteroatoms. The summed E-state index contributed by atoms with van der Waals surface area (Å²) in [6.07, 6.45) is 7.63. The van der Waals surface area contributed by atoms with Crippen molar-refractivity contribution in [2.75, 3.05) is 95.2 Å². The van der Waals surface area contributed by atoms with Crippen molar-refractivity contribution in [2.24, 2.45) is 4.99 Å². The van der Waals surface area contributed by atoms with E-state index in [4.69, 9.17) is 18.7 Å². The summed E-state index contributed by atoms with van der Waals surface area (Å²) in [5.74, 6) is 9.91. The number of alkyl carbamates (subject to hydrolysis) is 3. The van der Waals surface area contributed by atoms with E-state index in [1.165, 1.54) is 26.0 Å². The fourth-order valence-corrected chi connectivity index (χ4v) is 13.4. The van der Waals surface area contributed by atoms with Crippen molar-refractivity contribution in [1.29, 1.82) is 0 Å². The fourth-order valence-electron chi connectivity index (χ4n) is 6.84. The highest BCUT2D eigenvalue weighted by molar-refractivity contribution is 8.02. The van der Waals surface area contributed by atoms with Crippen molar-refractivity contribution in [3.63, 3.8) is 0 Å². The van der Waals surface area contributed by atoms with Gasteiger partial charge in [-0.2, -0.15) is 75.3 Å². The Morgan fingerprint density at radius 3 is 1.27 bits per heavy atom. The number of aryl methyl sites for hydroxylation is 1. The summed E-state index contributed by atoms with van der Waals surface area (Å²) in [5.41, 5.74) is 2.50. The molecule has 0 unspecified atom stereocenters. The largest absolute Gasteiger partial charge is 0.444 e. The number of thioether (sulfide) groups is 6. The second-order valence-electron chi connectivity index (χ2n) is 16.6. The van der Waals surface area contributed by atoms with Crippen LogP contribution in [0, 0.1) is 0 Å². The molecule has 372 valence electrons. The fraction of sp³-hybridized carbons (Fsp3) is 0.733. The number of carbonyl (C=O) groups is 3. The molecule has 0 atom stereocenters. The lowest BCUT2D eigenvalue weighted by atomic mass is 10.2. The Hall–Kier alpha value is -2.46. The molecule has 3 N–H and O–H groups in total. The van der Waals surface area contributed by atoms with Crippen molar-refractivity contribution in [1.82, 2.24) is 25.3 Å². The summed E-state index contributed by atoms with van der Waals surface area (Å²) >= 11 is 10.5. The first-order valence-corrected chi connectivity index (χ1v) is 30.2. The van der Waals surface area contributed by atoms with Gasteiger partial charge in [-0.15, -0.1) is 0 Å². The monoisotopic (exact) mass is 1030 g/mol. The predicted molar refractivity (Wildman–Crippen MR) is 279 cm³/mol. The third kappa shape index (κ3) is 24.2. The molecule has 0 bridgehead atoms. The molecule has 3 saturated heterocycles. The maximum Gasteiger partial charge on any atom is 0.407 e. The lowest BCUT2D eigenvalue weighted by molar-refractivity contribution is 0.118. The standard InChI is InChI=1S/C45H72N6O9S6/c1-34-22-61-28-37(29-62-23-34)57-42(53)47-17-11-5-4-10-16-46-40-41(52)50(20-14-8-6-12-18-48-43(54)58-38-30-63-24-35(2)25-64-31-38)45(56)51(60-40)21-15-9-7-13-19-49-44(55)59-39-32-65-26-36(3)27-66-33-39/h37-39H,1-33H2,(H,47,53)(H,48,54)(H,49,55). The number of nitrogens with one attached hydrogen (secondary N) is 3. The van der Waals surface area contributed by atoms with Gasteiger partial charge in [0.25, 0.3) is 0 Å². The van der Waals surface area contributed by atoms with Crippen molar-refractivity contribution in [2.45, 2.75) is 108 Å². The summed E-state index contributed by atoms with van der Waals surface area (Å²) in [4.78, 5) is 68.7. The first-order chi connectivity index (χ1) is 32.1. The van der Waals surface area contributed by atoms with Gasteiger partial charge in [-0.25, -0.2) is 24.2 Å². The minimum absolute atomic E-state index is 0.0867. The number of rotatable bonds is 24. The summed E-state index contributed by atoms with van der Waals surface area (Å²) in [7, 11) is 0. The summed E-state index contributed by atoms with van der Waals surface area (Å²) in [6, 6.07) is 0. The molecule has 0 spiro atoms. The average Bonchev–Trinajstić information content (AvgIpc) is 3.26. The van der Waals surface area contributed by atoms with E-state index in [9.17, 15) is 24.0 Å². The molecule has 0 aromatic carbocycles. The SMILES string of the molecule is C=C1CSCC(OC(=O)NCCCCCCN=c2on(CCCCCCNC(=O)OC3CSCC(=C)CSC3)c(=O)n(CCCCCCNC(=O)OC3CSCC(=C)CSC3)c2=O)CSC1. The van der Waals surface area contributed by atoms with Crippen LogP contribution in [0.1, 0.15) is 77.0 Å². The van der Waals surface area contributed by atoms with E-state index < -0.39 is 23.4 Å². The normalized spacial score (nSPS) is 17.7. The number of ether oxygens (including phenoxy) is 3. The first kappa shape index (κ1) is 56.1. The van der Waals surface area contributed by atoms with Gasteiger partial charge in [-0.1, -0.05) is 75.0 Å². The first-order valence-electron chi connectivity index (χ1n) is 23.2. The van der Waals surface area contributed by atoms with Gasteiger partial charge in [0, 0.05) is 102 Å². The number of carbonyl (C=O) groups excluding carboxylic acids is 3. The molecule has 3 aliphatic rings. The van der Waals surface area contributed by atoms with Gasteiger partial charge < -0.3 is 34.7 Å². The number of nitrogens with zero attached hydrogens (tertiary/aromatic N) is 3. The van der Waals surface area contributed by atoms with E-state index in [0.717, 1.165) is 127 Å². The van der Waals surface area contributed by atoms with E-state index in [1.54, 1.807) is 70.6 Å². The van der Waals surface area contributed by atoms with Crippen LogP contribution in [0.15, 0.2) is 55.6 Å². The Balaban J connectivity index is 1.19. The molecule has 0 saturated carbocycles.